The molecule has 2 unspecified atom stereocenters. The summed E-state index contributed by atoms with van der Waals surface area (Å²) in [4.78, 5) is 9.35. The first kappa shape index (κ1) is 7.99. The van der Waals surface area contributed by atoms with Crippen LogP contribution >= 0.6 is 7.60 Å². The monoisotopic (exact) mass is 184 g/mol. The molecule has 0 aromatic heterocycles. The molecule has 0 amide bonds. The van der Waals surface area contributed by atoms with Gasteiger partial charge in [0.15, 0.2) is 0 Å². The van der Waals surface area contributed by atoms with E-state index < -0.39 is 7.60 Å². The van der Waals surface area contributed by atoms with Crippen LogP contribution in [-0.4, -0.2) is 4.89 Å². The zero-order valence-electron chi connectivity index (χ0n) is 6.60. The van der Waals surface area contributed by atoms with Gasteiger partial charge in [-0.15, -0.1) is 0 Å². The maximum absolute atomic E-state index is 11.4. The maximum Gasteiger partial charge on any atom is 0.359 e. The van der Waals surface area contributed by atoms with Crippen molar-refractivity contribution in [2.45, 2.75) is 13.0 Å². The fraction of sp³-hybridized carbons (Fsp3) is 0.250. The third kappa shape index (κ3) is 1.02. The molecule has 1 aromatic carbocycles. The highest BCUT2D eigenvalue weighted by atomic mass is 31.2. The van der Waals surface area contributed by atoms with Gasteiger partial charge in [-0.1, -0.05) is 18.2 Å². The Morgan fingerprint density at radius 2 is 2.17 bits per heavy atom. The quantitative estimate of drug-likeness (QED) is 0.623. The molecule has 2 atom stereocenters. The first-order valence-electron chi connectivity index (χ1n) is 3.72. The van der Waals surface area contributed by atoms with Crippen molar-refractivity contribution in [2.24, 2.45) is 0 Å². The van der Waals surface area contributed by atoms with Crippen LogP contribution in [0, 0.1) is 0 Å². The van der Waals surface area contributed by atoms with Gasteiger partial charge in [0, 0.05) is 0 Å². The minimum atomic E-state index is -3.49. The fourth-order valence-electron chi connectivity index (χ4n) is 1.42. The summed E-state index contributed by atoms with van der Waals surface area (Å²) in [5.41, 5.74) is 0.823. The number of fused-ring (bicyclic) bond motifs is 1. The van der Waals surface area contributed by atoms with E-state index in [0.29, 0.717) is 5.30 Å². The topological polar surface area (TPSA) is 46.5 Å². The van der Waals surface area contributed by atoms with E-state index in [9.17, 15) is 9.46 Å². The Morgan fingerprint density at radius 1 is 1.50 bits per heavy atom. The van der Waals surface area contributed by atoms with Crippen molar-refractivity contribution < 1.29 is 14.0 Å². The summed E-state index contributed by atoms with van der Waals surface area (Å²) in [5, 5.41) is 0.442. The molecule has 3 nitrogen and oxygen atoms in total. The van der Waals surface area contributed by atoms with Crippen LogP contribution in [0.5, 0.6) is 0 Å². The van der Waals surface area contributed by atoms with Gasteiger partial charge in [-0.2, -0.15) is 0 Å². The van der Waals surface area contributed by atoms with Crippen LogP contribution in [0.25, 0.3) is 0 Å². The molecule has 0 fully saturated rings. The SMILES string of the molecule is CC1OP(=O)(O)c2ccccc21. The van der Waals surface area contributed by atoms with Crippen LogP contribution in [0.3, 0.4) is 0 Å². The van der Waals surface area contributed by atoms with Crippen molar-refractivity contribution >= 4 is 12.9 Å². The van der Waals surface area contributed by atoms with Crippen molar-refractivity contribution in [1.82, 2.24) is 0 Å². The molecule has 64 valence electrons. The standard InChI is InChI=1S/C8H9O3P/c1-6-7-4-2-3-5-8(7)12(9,10)11-6/h2-6H,1H3,(H,9,10). The highest BCUT2D eigenvalue weighted by molar-refractivity contribution is 7.61. The Hall–Kier alpha value is -0.630. The average molecular weight is 184 g/mol. The van der Waals surface area contributed by atoms with E-state index in [-0.39, 0.29) is 6.10 Å². The normalized spacial score (nSPS) is 33.3. The van der Waals surface area contributed by atoms with Crippen molar-refractivity contribution in [3.63, 3.8) is 0 Å². The molecule has 0 spiro atoms. The summed E-state index contributed by atoms with van der Waals surface area (Å²) in [6.45, 7) is 1.77. The van der Waals surface area contributed by atoms with E-state index in [4.69, 9.17) is 4.52 Å². The molecule has 0 bridgehead atoms. The summed E-state index contributed by atoms with van der Waals surface area (Å²) >= 11 is 0. The second kappa shape index (κ2) is 2.43. The third-order valence-electron chi connectivity index (χ3n) is 1.98. The molecule has 0 saturated carbocycles. The first-order chi connectivity index (χ1) is 5.61. The lowest BCUT2D eigenvalue weighted by molar-refractivity contribution is 0.213. The van der Waals surface area contributed by atoms with Crippen LogP contribution in [0.2, 0.25) is 0 Å². The molecule has 0 saturated heterocycles. The van der Waals surface area contributed by atoms with Gasteiger partial charge in [0.25, 0.3) is 0 Å². The van der Waals surface area contributed by atoms with Gasteiger partial charge in [-0.05, 0) is 18.6 Å². The Labute approximate surface area is 70.5 Å². The molecule has 1 aliphatic rings. The van der Waals surface area contributed by atoms with Crippen molar-refractivity contribution in [2.75, 3.05) is 0 Å². The molecular formula is C8H9O3P. The second-order valence-corrected chi connectivity index (χ2v) is 4.56. The number of rotatable bonds is 0. The van der Waals surface area contributed by atoms with Crippen LogP contribution in [0.4, 0.5) is 0 Å². The molecular weight excluding hydrogens is 175 g/mol. The zero-order valence-corrected chi connectivity index (χ0v) is 7.49. The van der Waals surface area contributed by atoms with E-state index in [1.807, 2.05) is 12.1 Å². The molecule has 1 aromatic rings. The molecule has 2 rings (SSSR count). The van der Waals surface area contributed by atoms with E-state index in [1.54, 1.807) is 19.1 Å². The lowest BCUT2D eigenvalue weighted by Crippen LogP contribution is -2.01. The molecule has 0 aliphatic carbocycles. The van der Waals surface area contributed by atoms with E-state index in [0.717, 1.165) is 5.56 Å². The van der Waals surface area contributed by atoms with Crippen molar-refractivity contribution in [3.8, 4) is 0 Å². The molecule has 4 heteroatoms. The van der Waals surface area contributed by atoms with Gasteiger partial charge in [0.2, 0.25) is 0 Å². The highest BCUT2D eigenvalue weighted by Crippen LogP contribution is 2.52. The Kier molecular flexibility index (Phi) is 1.62. The summed E-state index contributed by atoms with van der Waals surface area (Å²) in [5.74, 6) is 0. The van der Waals surface area contributed by atoms with E-state index in [1.165, 1.54) is 0 Å². The van der Waals surface area contributed by atoms with Crippen LogP contribution in [0.15, 0.2) is 24.3 Å². The van der Waals surface area contributed by atoms with Crippen LogP contribution < -0.4 is 5.30 Å². The molecule has 12 heavy (non-hydrogen) atoms. The largest absolute Gasteiger partial charge is 0.359 e. The summed E-state index contributed by atoms with van der Waals surface area (Å²) in [6.07, 6.45) is -0.267. The Balaban J connectivity index is 2.66. The zero-order chi connectivity index (χ0) is 8.77. The second-order valence-electron chi connectivity index (χ2n) is 2.83. The minimum Gasteiger partial charge on any atom is -0.321 e. The van der Waals surface area contributed by atoms with Crippen molar-refractivity contribution in [1.29, 1.82) is 0 Å². The summed E-state index contributed by atoms with van der Waals surface area (Å²) < 4.78 is 16.3. The molecule has 1 aliphatic heterocycles. The van der Waals surface area contributed by atoms with Gasteiger partial charge in [-0.25, -0.2) is 0 Å². The first-order valence-corrected chi connectivity index (χ1v) is 5.30. The fourth-order valence-corrected chi connectivity index (χ4v) is 2.93. The Morgan fingerprint density at radius 3 is 2.83 bits per heavy atom. The number of hydrogen-bond donors (Lipinski definition) is 1. The number of benzene rings is 1. The van der Waals surface area contributed by atoms with Gasteiger partial charge in [-0.3, -0.25) is 9.09 Å². The van der Waals surface area contributed by atoms with Crippen molar-refractivity contribution in [3.05, 3.63) is 29.8 Å². The highest BCUT2D eigenvalue weighted by Gasteiger charge is 2.36. The van der Waals surface area contributed by atoms with Crippen LogP contribution in [0.1, 0.15) is 18.6 Å². The van der Waals surface area contributed by atoms with Gasteiger partial charge in [0.1, 0.15) is 0 Å². The average Bonchev–Trinajstić information content (AvgIpc) is 2.25. The molecule has 0 radical (unpaired) electrons. The predicted molar refractivity (Wildman–Crippen MR) is 45.4 cm³/mol. The van der Waals surface area contributed by atoms with E-state index >= 15 is 0 Å². The predicted octanol–water partition coefficient (Wildman–Crippen LogP) is 1.59. The third-order valence-corrected chi connectivity index (χ3v) is 3.60. The van der Waals surface area contributed by atoms with E-state index in [2.05, 4.69) is 0 Å². The summed E-state index contributed by atoms with van der Waals surface area (Å²) in [6, 6.07) is 7.03. The van der Waals surface area contributed by atoms with Crippen LogP contribution in [-0.2, 0) is 9.09 Å². The molecule has 1 N–H and O–H groups in total. The summed E-state index contributed by atoms with van der Waals surface area (Å²) in [7, 11) is -3.49. The Bertz CT molecular complexity index is 361. The maximum atomic E-state index is 11.4. The minimum absolute atomic E-state index is 0.267. The van der Waals surface area contributed by atoms with Gasteiger partial charge < -0.3 is 4.89 Å². The lowest BCUT2D eigenvalue weighted by Gasteiger charge is -2.02. The van der Waals surface area contributed by atoms with Gasteiger partial charge >= 0.3 is 7.60 Å². The number of hydrogen-bond acceptors (Lipinski definition) is 2. The smallest absolute Gasteiger partial charge is 0.321 e. The lowest BCUT2D eigenvalue weighted by atomic mass is 10.1. The van der Waals surface area contributed by atoms with Gasteiger partial charge in [0.05, 0.1) is 11.4 Å². The molecule has 1 heterocycles.